The number of aromatic amines is 1. The Morgan fingerprint density at radius 3 is 2.53 bits per heavy atom. The quantitative estimate of drug-likeness (QED) is 0.753. The van der Waals surface area contributed by atoms with Crippen LogP contribution in [0.25, 0.3) is 0 Å². The molecule has 0 aliphatic carbocycles. The van der Waals surface area contributed by atoms with Gasteiger partial charge in [-0.1, -0.05) is 32.6 Å². The second-order valence-corrected chi connectivity index (χ2v) is 4.22. The van der Waals surface area contributed by atoms with Crippen molar-refractivity contribution in [2.45, 2.75) is 51.6 Å². The largest absolute Gasteiger partial charge is 0.451 e. The average molecular weight is 278 g/mol. The van der Waals surface area contributed by atoms with Crippen molar-refractivity contribution in [2.75, 3.05) is 5.32 Å². The number of rotatable bonds is 7. The van der Waals surface area contributed by atoms with Gasteiger partial charge in [0.2, 0.25) is 17.7 Å². The number of hydrogen-bond donors (Lipinski definition) is 2. The first kappa shape index (κ1) is 15.5. The Morgan fingerprint density at radius 2 is 1.95 bits per heavy atom. The molecule has 108 valence electrons. The van der Waals surface area contributed by atoms with E-state index in [2.05, 4.69) is 22.3 Å². The van der Waals surface area contributed by atoms with Crippen molar-refractivity contribution in [2.24, 2.45) is 0 Å². The monoisotopic (exact) mass is 278 g/mol. The van der Waals surface area contributed by atoms with Crippen molar-refractivity contribution in [3.63, 3.8) is 0 Å². The normalized spacial score (nSPS) is 11.6. The number of aromatic nitrogens is 3. The Hall–Kier alpha value is -1.60. The Labute approximate surface area is 109 Å². The third-order valence-electron chi connectivity index (χ3n) is 2.51. The van der Waals surface area contributed by atoms with Crippen molar-refractivity contribution in [1.82, 2.24) is 15.2 Å². The van der Waals surface area contributed by atoms with E-state index in [1.165, 1.54) is 0 Å². The van der Waals surface area contributed by atoms with E-state index >= 15 is 0 Å². The number of H-pyrrole nitrogens is 1. The van der Waals surface area contributed by atoms with Crippen LogP contribution in [-0.2, 0) is 11.0 Å². The number of anilines is 1. The fourth-order valence-electron chi connectivity index (χ4n) is 1.52. The second-order valence-electron chi connectivity index (χ2n) is 4.22. The van der Waals surface area contributed by atoms with Crippen LogP contribution in [0.1, 0.15) is 51.3 Å². The number of unbranched alkanes of at least 4 members (excludes halogenated alkanes) is 4. The van der Waals surface area contributed by atoms with Crippen molar-refractivity contribution in [3.8, 4) is 0 Å². The SMILES string of the molecule is CCCCCCCC(=O)Nc1n[nH]c(C(F)(F)F)n1. The molecule has 0 bridgehead atoms. The number of hydrogen-bond acceptors (Lipinski definition) is 3. The van der Waals surface area contributed by atoms with Crippen LogP contribution >= 0.6 is 0 Å². The van der Waals surface area contributed by atoms with Crippen LogP contribution < -0.4 is 5.32 Å². The van der Waals surface area contributed by atoms with Gasteiger partial charge < -0.3 is 0 Å². The molecule has 0 saturated carbocycles. The standard InChI is InChI=1S/C11H17F3N4O/c1-2-3-4-5-6-7-8(19)15-10-16-9(17-18-10)11(12,13)14/h2-7H2,1H3,(H2,15,16,17,18,19). The summed E-state index contributed by atoms with van der Waals surface area (Å²) in [5, 5.41) is 7.26. The van der Waals surface area contributed by atoms with Crippen LogP contribution in [0, 0.1) is 0 Å². The van der Waals surface area contributed by atoms with Crippen LogP contribution in [0.4, 0.5) is 19.1 Å². The highest BCUT2D eigenvalue weighted by atomic mass is 19.4. The maximum Gasteiger partial charge on any atom is 0.451 e. The van der Waals surface area contributed by atoms with Gasteiger partial charge in [0, 0.05) is 6.42 Å². The van der Waals surface area contributed by atoms with Gasteiger partial charge in [-0.15, -0.1) is 5.10 Å². The van der Waals surface area contributed by atoms with E-state index in [4.69, 9.17) is 0 Å². The van der Waals surface area contributed by atoms with Gasteiger partial charge in [-0.2, -0.15) is 18.2 Å². The Kier molecular flexibility index (Phi) is 5.78. The summed E-state index contributed by atoms with van der Waals surface area (Å²) >= 11 is 0. The number of halogens is 3. The number of carbonyl (C=O) groups excluding carboxylic acids is 1. The zero-order valence-corrected chi connectivity index (χ0v) is 10.7. The summed E-state index contributed by atoms with van der Waals surface area (Å²) in [7, 11) is 0. The molecular weight excluding hydrogens is 261 g/mol. The maximum atomic E-state index is 12.2. The van der Waals surface area contributed by atoms with E-state index in [0.29, 0.717) is 6.42 Å². The lowest BCUT2D eigenvalue weighted by Gasteiger charge is -2.01. The molecular formula is C11H17F3N4O. The molecule has 0 aromatic carbocycles. The first-order valence-corrected chi connectivity index (χ1v) is 6.23. The lowest BCUT2D eigenvalue weighted by Crippen LogP contribution is -2.13. The smallest absolute Gasteiger partial charge is 0.293 e. The summed E-state index contributed by atoms with van der Waals surface area (Å²) in [4.78, 5) is 14.6. The Balaban J connectivity index is 2.30. The molecule has 0 unspecified atom stereocenters. The summed E-state index contributed by atoms with van der Waals surface area (Å²) < 4.78 is 36.6. The zero-order valence-electron chi connectivity index (χ0n) is 10.7. The van der Waals surface area contributed by atoms with E-state index in [0.717, 1.165) is 25.7 Å². The zero-order chi connectivity index (χ0) is 14.3. The van der Waals surface area contributed by atoms with Gasteiger partial charge in [0.25, 0.3) is 0 Å². The number of carbonyl (C=O) groups is 1. The predicted octanol–water partition coefficient (Wildman–Crippen LogP) is 3.12. The highest BCUT2D eigenvalue weighted by molar-refractivity contribution is 5.88. The molecule has 5 nitrogen and oxygen atoms in total. The first-order chi connectivity index (χ1) is 8.93. The van der Waals surface area contributed by atoms with Gasteiger partial charge >= 0.3 is 6.18 Å². The van der Waals surface area contributed by atoms with Gasteiger partial charge in [0.1, 0.15) is 0 Å². The number of nitrogens with one attached hydrogen (secondary N) is 2. The highest BCUT2D eigenvalue weighted by Gasteiger charge is 2.35. The fraction of sp³-hybridized carbons (Fsp3) is 0.727. The molecule has 0 atom stereocenters. The van der Waals surface area contributed by atoms with E-state index in [-0.39, 0.29) is 18.3 Å². The summed E-state index contributed by atoms with van der Waals surface area (Å²) in [5.41, 5.74) is 0. The lowest BCUT2D eigenvalue weighted by molar-refractivity contribution is -0.144. The topological polar surface area (TPSA) is 70.7 Å². The summed E-state index contributed by atoms with van der Waals surface area (Å²) in [6, 6.07) is 0. The van der Waals surface area contributed by atoms with Crippen LogP contribution in [-0.4, -0.2) is 21.1 Å². The van der Waals surface area contributed by atoms with Gasteiger partial charge in [-0.3, -0.25) is 15.2 Å². The molecule has 0 spiro atoms. The fourth-order valence-corrected chi connectivity index (χ4v) is 1.52. The lowest BCUT2D eigenvalue weighted by atomic mass is 10.1. The molecule has 0 radical (unpaired) electrons. The number of alkyl halides is 3. The molecule has 0 aliphatic heterocycles. The summed E-state index contributed by atoms with van der Waals surface area (Å²) in [5.74, 6) is -1.93. The van der Waals surface area contributed by atoms with E-state index in [9.17, 15) is 18.0 Å². The van der Waals surface area contributed by atoms with Crippen molar-refractivity contribution < 1.29 is 18.0 Å². The van der Waals surface area contributed by atoms with E-state index in [1.54, 1.807) is 5.10 Å². The van der Waals surface area contributed by atoms with Crippen LogP contribution in [0.5, 0.6) is 0 Å². The van der Waals surface area contributed by atoms with Gasteiger partial charge in [-0.25, -0.2) is 0 Å². The molecule has 1 heterocycles. The van der Waals surface area contributed by atoms with Gasteiger partial charge in [0.15, 0.2) is 0 Å². The summed E-state index contributed by atoms with van der Waals surface area (Å²) in [6.45, 7) is 2.09. The van der Waals surface area contributed by atoms with E-state index < -0.39 is 12.0 Å². The van der Waals surface area contributed by atoms with Crippen LogP contribution in [0.3, 0.4) is 0 Å². The minimum absolute atomic E-state index is 0.263. The molecule has 8 heteroatoms. The van der Waals surface area contributed by atoms with Crippen LogP contribution in [0.15, 0.2) is 0 Å². The van der Waals surface area contributed by atoms with Crippen molar-refractivity contribution in [1.29, 1.82) is 0 Å². The molecule has 1 rings (SSSR count). The van der Waals surface area contributed by atoms with Gasteiger partial charge in [0.05, 0.1) is 0 Å². The minimum Gasteiger partial charge on any atom is -0.293 e. The molecule has 0 fully saturated rings. The Bertz CT molecular complexity index is 403. The molecule has 0 aliphatic rings. The highest BCUT2D eigenvalue weighted by Crippen LogP contribution is 2.26. The number of nitrogens with zero attached hydrogens (tertiary/aromatic N) is 2. The van der Waals surface area contributed by atoms with Crippen LogP contribution in [0.2, 0.25) is 0 Å². The van der Waals surface area contributed by atoms with E-state index in [1.807, 2.05) is 0 Å². The first-order valence-electron chi connectivity index (χ1n) is 6.23. The number of amides is 1. The maximum absolute atomic E-state index is 12.2. The average Bonchev–Trinajstić information content (AvgIpc) is 2.77. The molecule has 19 heavy (non-hydrogen) atoms. The second kappa shape index (κ2) is 7.10. The molecule has 1 amide bonds. The Morgan fingerprint density at radius 1 is 1.26 bits per heavy atom. The third kappa shape index (κ3) is 5.71. The molecule has 2 N–H and O–H groups in total. The van der Waals surface area contributed by atoms with Gasteiger partial charge in [-0.05, 0) is 6.42 Å². The third-order valence-corrected chi connectivity index (χ3v) is 2.51. The molecule has 1 aromatic rings. The predicted molar refractivity (Wildman–Crippen MR) is 63.4 cm³/mol. The molecule has 0 saturated heterocycles. The summed E-state index contributed by atoms with van der Waals surface area (Å²) in [6.07, 6.45) is 0.616. The minimum atomic E-state index is -4.59. The molecule has 1 aromatic heterocycles. The van der Waals surface area contributed by atoms with Crippen molar-refractivity contribution >= 4 is 11.9 Å². The van der Waals surface area contributed by atoms with Crippen molar-refractivity contribution in [3.05, 3.63) is 5.82 Å².